The van der Waals surface area contributed by atoms with Crippen LogP contribution in [0.15, 0.2) is 48.5 Å². The summed E-state index contributed by atoms with van der Waals surface area (Å²) in [5.74, 6) is 1.05. The summed E-state index contributed by atoms with van der Waals surface area (Å²) in [6.07, 6.45) is 0. The minimum Gasteiger partial charge on any atom is -0.492 e. The SMILES string of the molecule is CC(C)C(=O)Nc1ccc2c(c1)OCC(=O)N2CCOc1ccccc1. The van der Waals surface area contributed by atoms with Gasteiger partial charge in [-0.25, -0.2) is 0 Å². The summed E-state index contributed by atoms with van der Waals surface area (Å²) in [6.45, 7) is 4.43. The molecule has 0 spiro atoms. The maximum atomic E-state index is 12.2. The predicted octanol–water partition coefficient (Wildman–Crippen LogP) is 3.09. The number of ether oxygens (including phenoxy) is 2. The van der Waals surface area contributed by atoms with Gasteiger partial charge in [0.05, 0.1) is 12.2 Å². The highest BCUT2D eigenvalue weighted by molar-refractivity contribution is 5.99. The van der Waals surface area contributed by atoms with Gasteiger partial charge in [-0.1, -0.05) is 32.0 Å². The van der Waals surface area contributed by atoms with Crippen LogP contribution in [0.25, 0.3) is 0 Å². The van der Waals surface area contributed by atoms with E-state index in [4.69, 9.17) is 9.47 Å². The molecule has 0 saturated carbocycles. The third-order valence-corrected chi connectivity index (χ3v) is 4.02. The van der Waals surface area contributed by atoms with E-state index in [1.807, 2.05) is 44.2 Å². The summed E-state index contributed by atoms with van der Waals surface area (Å²) in [5, 5.41) is 2.84. The van der Waals surface area contributed by atoms with E-state index in [9.17, 15) is 9.59 Å². The first-order valence-corrected chi connectivity index (χ1v) is 8.60. The highest BCUT2D eigenvalue weighted by Gasteiger charge is 2.25. The predicted molar refractivity (Wildman–Crippen MR) is 99.7 cm³/mol. The first kappa shape index (κ1) is 17.8. The van der Waals surface area contributed by atoms with E-state index in [0.717, 1.165) is 5.75 Å². The number of nitrogens with one attached hydrogen (secondary N) is 1. The number of nitrogens with zero attached hydrogens (tertiary/aromatic N) is 1. The second-order valence-electron chi connectivity index (χ2n) is 6.32. The number of rotatable bonds is 6. The number of hydrogen-bond donors (Lipinski definition) is 1. The van der Waals surface area contributed by atoms with Crippen LogP contribution < -0.4 is 19.7 Å². The number of carbonyl (C=O) groups excluding carboxylic acids is 2. The Morgan fingerprint density at radius 1 is 1.23 bits per heavy atom. The van der Waals surface area contributed by atoms with Gasteiger partial charge in [0, 0.05) is 17.7 Å². The van der Waals surface area contributed by atoms with Crippen molar-refractivity contribution in [1.82, 2.24) is 0 Å². The standard InChI is InChI=1S/C20H22N2O4/c1-14(2)20(24)21-15-8-9-17-18(12-15)26-13-19(23)22(17)10-11-25-16-6-4-3-5-7-16/h3-9,12,14H,10-11,13H2,1-2H3,(H,21,24). The second kappa shape index (κ2) is 7.91. The third-order valence-electron chi connectivity index (χ3n) is 4.02. The van der Waals surface area contributed by atoms with Gasteiger partial charge in [-0.3, -0.25) is 9.59 Å². The minimum absolute atomic E-state index is 0.0279. The van der Waals surface area contributed by atoms with Crippen LogP contribution in [0.5, 0.6) is 11.5 Å². The molecule has 3 rings (SSSR count). The lowest BCUT2D eigenvalue weighted by atomic mass is 10.1. The fraction of sp³-hybridized carbons (Fsp3) is 0.300. The number of anilines is 2. The van der Waals surface area contributed by atoms with E-state index >= 15 is 0 Å². The zero-order valence-electron chi connectivity index (χ0n) is 14.9. The molecule has 1 aliphatic heterocycles. The molecule has 0 bridgehead atoms. The van der Waals surface area contributed by atoms with Crippen LogP contribution >= 0.6 is 0 Å². The van der Waals surface area contributed by atoms with Crippen molar-refractivity contribution in [1.29, 1.82) is 0 Å². The Labute approximate surface area is 152 Å². The monoisotopic (exact) mass is 354 g/mol. The molecule has 0 saturated heterocycles. The Balaban J connectivity index is 1.68. The maximum absolute atomic E-state index is 12.2. The van der Waals surface area contributed by atoms with Crippen LogP contribution in [0.1, 0.15) is 13.8 Å². The Morgan fingerprint density at radius 3 is 2.73 bits per heavy atom. The number of carbonyl (C=O) groups is 2. The van der Waals surface area contributed by atoms with E-state index in [-0.39, 0.29) is 24.3 Å². The molecule has 1 N–H and O–H groups in total. The zero-order valence-corrected chi connectivity index (χ0v) is 14.9. The van der Waals surface area contributed by atoms with Crippen LogP contribution in [0, 0.1) is 5.92 Å². The fourth-order valence-corrected chi connectivity index (χ4v) is 2.59. The number of hydrogen-bond acceptors (Lipinski definition) is 4. The van der Waals surface area contributed by atoms with Crippen LogP contribution in [-0.4, -0.2) is 31.6 Å². The largest absolute Gasteiger partial charge is 0.492 e. The lowest BCUT2D eigenvalue weighted by Crippen LogP contribution is -2.41. The van der Waals surface area contributed by atoms with Crippen molar-refractivity contribution in [2.24, 2.45) is 5.92 Å². The molecule has 0 fully saturated rings. The lowest BCUT2D eigenvalue weighted by Gasteiger charge is -2.29. The zero-order chi connectivity index (χ0) is 18.5. The van der Waals surface area contributed by atoms with Crippen molar-refractivity contribution >= 4 is 23.2 Å². The van der Waals surface area contributed by atoms with Gasteiger partial charge in [-0.2, -0.15) is 0 Å². The second-order valence-corrected chi connectivity index (χ2v) is 6.32. The molecule has 0 radical (unpaired) electrons. The lowest BCUT2D eigenvalue weighted by molar-refractivity contribution is -0.121. The normalized spacial score (nSPS) is 13.2. The highest BCUT2D eigenvalue weighted by atomic mass is 16.5. The Bertz CT molecular complexity index is 790. The molecule has 6 nitrogen and oxygen atoms in total. The molecule has 26 heavy (non-hydrogen) atoms. The molecule has 2 aromatic rings. The van der Waals surface area contributed by atoms with Crippen LogP contribution in [0.2, 0.25) is 0 Å². The molecular weight excluding hydrogens is 332 g/mol. The summed E-state index contributed by atoms with van der Waals surface area (Å²) in [5.41, 5.74) is 1.33. The third kappa shape index (κ3) is 4.14. The first-order chi connectivity index (χ1) is 12.5. The quantitative estimate of drug-likeness (QED) is 0.866. The maximum Gasteiger partial charge on any atom is 0.265 e. The minimum atomic E-state index is -0.117. The van der Waals surface area contributed by atoms with Gasteiger partial charge in [-0.15, -0.1) is 0 Å². The molecule has 0 atom stereocenters. The van der Waals surface area contributed by atoms with Gasteiger partial charge in [-0.05, 0) is 24.3 Å². The summed E-state index contributed by atoms with van der Waals surface area (Å²) in [6, 6.07) is 14.8. The summed E-state index contributed by atoms with van der Waals surface area (Å²) >= 11 is 0. The van der Waals surface area contributed by atoms with Crippen molar-refractivity contribution in [3.05, 3.63) is 48.5 Å². The molecule has 1 heterocycles. The highest BCUT2D eigenvalue weighted by Crippen LogP contribution is 2.34. The Hall–Kier alpha value is -3.02. The van der Waals surface area contributed by atoms with Crippen molar-refractivity contribution in [3.63, 3.8) is 0 Å². The molecule has 0 aliphatic carbocycles. The molecule has 6 heteroatoms. The number of fused-ring (bicyclic) bond motifs is 1. The van der Waals surface area contributed by atoms with Crippen molar-refractivity contribution in [3.8, 4) is 11.5 Å². The average Bonchev–Trinajstić information content (AvgIpc) is 2.64. The molecule has 136 valence electrons. The number of para-hydroxylation sites is 1. The van der Waals surface area contributed by atoms with Crippen molar-refractivity contribution < 1.29 is 19.1 Å². The number of benzene rings is 2. The van der Waals surface area contributed by atoms with Crippen LogP contribution in [0.3, 0.4) is 0 Å². The van der Waals surface area contributed by atoms with Gasteiger partial charge in [0.25, 0.3) is 5.91 Å². The van der Waals surface area contributed by atoms with Gasteiger partial charge in [0.15, 0.2) is 6.61 Å². The smallest absolute Gasteiger partial charge is 0.265 e. The van der Waals surface area contributed by atoms with Gasteiger partial charge < -0.3 is 19.7 Å². The van der Waals surface area contributed by atoms with Gasteiger partial charge >= 0.3 is 0 Å². The molecule has 2 amide bonds. The van der Waals surface area contributed by atoms with Gasteiger partial charge in [0.1, 0.15) is 18.1 Å². The van der Waals surface area contributed by atoms with E-state index in [2.05, 4.69) is 5.32 Å². The van der Waals surface area contributed by atoms with E-state index in [1.165, 1.54) is 0 Å². The first-order valence-electron chi connectivity index (χ1n) is 8.60. The Morgan fingerprint density at radius 2 is 2.00 bits per heavy atom. The molecule has 1 aliphatic rings. The number of amides is 2. The van der Waals surface area contributed by atoms with Gasteiger partial charge in [0.2, 0.25) is 5.91 Å². The molecule has 0 aromatic heterocycles. The molecular formula is C20H22N2O4. The summed E-state index contributed by atoms with van der Waals surface area (Å²) < 4.78 is 11.2. The van der Waals surface area contributed by atoms with Crippen molar-refractivity contribution in [2.75, 3.05) is 30.0 Å². The van der Waals surface area contributed by atoms with E-state index < -0.39 is 0 Å². The van der Waals surface area contributed by atoms with Crippen LogP contribution in [0.4, 0.5) is 11.4 Å². The molecule has 2 aromatic carbocycles. The molecule has 0 unspecified atom stereocenters. The van der Waals surface area contributed by atoms with E-state index in [1.54, 1.807) is 23.1 Å². The summed E-state index contributed by atoms with van der Waals surface area (Å²) in [4.78, 5) is 25.7. The average molecular weight is 354 g/mol. The van der Waals surface area contributed by atoms with Crippen LogP contribution in [-0.2, 0) is 9.59 Å². The summed E-state index contributed by atoms with van der Waals surface area (Å²) in [7, 11) is 0. The fourth-order valence-electron chi connectivity index (χ4n) is 2.59. The Kier molecular flexibility index (Phi) is 5.41. The van der Waals surface area contributed by atoms with E-state index in [0.29, 0.717) is 30.3 Å². The topological polar surface area (TPSA) is 67.9 Å². The van der Waals surface area contributed by atoms with Crippen molar-refractivity contribution in [2.45, 2.75) is 13.8 Å².